The molecule has 1 heterocycles. The predicted molar refractivity (Wildman–Crippen MR) is 91.5 cm³/mol. The van der Waals surface area contributed by atoms with E-state index in [9.17, 15) is 13.2 Å². The average Bonchev–Trinajstić information content (AvgIpc) is 2.96. The molecule has 128 valence electrons. The number of sulfonamides is 1. The van der Waals surface area contributed by atoms with Crippen LogP contribution in [0.3, 0.4) is 0 Å². The SMILES string of the molecule is CCOC(=O)C1CCc2nc(NS(=O)(=O)c3ccccc3)sc2C1. The highest BCUT2D eigenvalue weighted by Crippen LogP contribution is 2.33. The first kappa shape index (κ1) is 16.9. The standard InChI is InChI=1S/C16H18N2O4S2/c1-2-22-15(19)11-8-9-13-14(10-11)23-16(17-13)18-24(20,21)12-6-4-3-5-7-12/h3-7,11H,2,8-10H2,1H3,(H,17,18). The zero-order chi connectivity index (χ0) is 17.2. The fourth-order valence-corrected chi connectivity index (χ4v) is 5.00. The van der Waals surface area contributed by atoms with Crippen molar-refractivity contribution >= 4 is 32.5 Å². The van der Waals surface area contributed by atoms with Gasteiger partial charge < -0.3 is 4.74 Å². The molecular weight excluding hydrogens is 348 g/mol. The number of nitrogens with zero attached hydrogens (tertiary/aromatic N) is 1. The zero-order valence-electron chi connectivity index (χ0n) is 13.2. The maximum atomic E-state index is 12.4. The number of hydrogen-bond acceptors (Lipinski definition) is 6. The van der Waals surface area contributed by atoms with Gasteiger partial charge in [0.15, 0.2) is 5.13 Å². The molecule has 3 rings (SSSR count). The van der Waals surface area contributed by atoms with E-state index in [-0.39, 0.29) is 16.8 Å². The Hall–Kier alpha value is -1.93. The van der Waals surface area contributed by atoms with Crippen molar-refractivity contribution in [2.45, 2.75) is 31.1 Å². The number of rotatable bonds is 5. The van der Waals surface area contributed by atoms with Gasteiger partial charge in [-0.3, -0.25) is 9.52 Å². The number of hydrogen-bond donors (Lipinski definition) is 1. The number of carbonyl (C=O) groups is 1. The van der Waals surface area contributed by atoms with Crippen LogP contribution >= 0.6 is 11.3 Å². The monoisotopic (exact) mass is 366 g/mol. The first-order valence-corrected chi connectivity index (χ1v) is 10.0. The van der Waals surface area contributed by atoms with Crippen molar-refractivity contribution in [3.05, 3.63) is 40.9 Å². The molecule has 0 bridgehead atoms. The van der Waals surface area contributed by atoms with E-state index in [0.717, 1.165) is 10.6 Å². The molecule has 1 aliphatic carbocycles. The number of fused-ring (bicyclic) bond motifs is 1. The lowest BCUT2D eigenvalue weighted by molar-refractivity contribution is -0.148. The van der Waals surface area contributed by atoms with Crippen molar-refractivity contribution in [2.24, 2.45) is 5.92 Å². The van der Waals surface area contributed by atoms with Crippen molar-refractivity contribution in [2.75, 3.05) is 11.3 Å². The number of carbonyl (C=O) groups excluding carboxylic acids is 1. The Morgan fingerprint density at radius 2 is 2.12 bits per heavy atom. The lowest BCUT2D eigenvalue weighted by atomic mass is 9.91. The van der Waals surface area contributed by atoms with Gasteiger partial charge in [0, 0.05) is 4.88 Å². The molecule has 2 aromatic rings. The van der Waals surface area contributed by atoms with Crippen LogP contribution in [0.4, 0.5) is 5.13 Å². The largest absolute Gasteiger partial charge is 0.466 e. The number of anilines is 1. The summed E-state index contributed by atoms with van der Waals surface area (Å²) in [6, 6.07) is 8.17. The molecule has 0 saturated carbocycles. The van der Waals surface area contributed by atoms with E-state index in [1.54, 1.807) is 25.1 Å². The van der Waals surface area contributed by atoms with Crippen LogP contribution in [0.1, 0.15) is 23.9 Å². The van der Waals surface area contributed by atoms with Gasteiger partial charge >= 0.3 is 5.97 Å². The van der Waals surface area contributed by atoms with Crippen molar-refractivity contribution in [1.29, 1.82) is 0 Å². The summed E-state index contributed by atoms with van der Waals surface area (Å²) < 4.78 is 32.3. The van der Waals surface area contributed by atoms with Crippen molar-refractivity contribution < 1.29 is 17.9 Å². The summed E-state index contributed by atoms with van der Waals surface area (Å²) in [5.41, 5.74) is 0.867. The van der Waals surface area contributed by atoms with Gasteiger partial charge in [-0.15, -0.1) is 11.3 Å². The molecule has 0 saturated heterocycles. The van der Waals surface area contributed by atoms with Crippen molar-refractivity contribution in [3.63, 3.8) is 0 Å². The molecule has 0 spiro atoms. The Kier molecular flexibility index (Phi) is 4.86. The van der Waals surface area contributed by atoms with Crippen LogP contribution in [0.25, 0.3) is 0 Å². The summed E-state index contributed by atoms with van der Waals surface area (Å²) in [7, 11) is -3.64. The van der Waals surface area contributed by atoms with Crippen LogP contribution < -0.4 is 4.72 Å². The van der Waals surface area contributed by atoms with E-state index in [4.69, 9.17) is 4.74 Å². The minimum absolute atomic E-state index is 0.170. The molecule has 1 aliphatic rings. The highest BCUT2D eigenvalue weighted by atomic mass is 32.2. The van der Waals surface area contributed by atoms with Crippen molar-refractivity contribution in [1.82, 2.24) is 4.98 Å². The molecule has 0 radical (unpaired) electrons. The molecule has 0 fully saturated rings. The highest BCUT2D eigenvalue weighted by molar-refractivity contribution is 7.93. The number of benzene rings is 1. The van der Waals surface area contributed by atoms with Gasteiger partial charge in [-0.05, 0) is 38.3 Å². The number of thiazole rings is 1. The molecule has 0 amide bonds. The number of aryl methyl sites for hydroxylation is 1. The van der Waals surface area contributed by atoms with Gasteiger partial charge in [-0.25, -0.2) is 13.4 Å². The third-order valence-electron chi connectivity index (χ3n) is 3.83. The third kappa shape index (κ3) is 3.59. The molecule has 24 heavy (non-hydrogen) atoms. The van der Waals surface area contributed by atoms with Crippen molar-refractivity contribution in [3.8, 4) is 0 Å². The van der Waals surface area contributed by atoms with Gasteiger partial charge in [0.2, 0.25) is 0 Å². The van der Waals surface area contributed by atoms with Crippen LogP contribution in [0.5, 0.6) is 0 Å². The van der Waals surface area contributed by atoms with Gasteiger partial charge in [0.1, 0.15) is 0 Å². The number of ether oxygens (including phenoxy) is 1. The normalized spacial score (nSPS) is 17.1. The molecule has 1 N–H and O–H groups in total. The molecule has 8 heteroatoms. The summed E-state index contributed by atoms with van der Waals surface area (Å²) in [5.74, 6) is -0.362. The summed E-state index contributed by atoms with van der Waals surface area (Å²) in [5, 5.41) is 0.341. The third-order valence-corrected chi connectivity index (χ3v) is 6.35. The second-order valence-electron chi connectivity index (χ2n) is 5.50. The van der Waals surface area contributed by atoms with E-state index in [2.05, 4.69) is 9.71 Å². The van der Waals surface area contributed by atoms with E-state index in [1.165, 1.54) is 23.5 Å². The highest BCUT2D eigenvalue weighted by Gasteiger charge is 2.29. The average molecular weight is 366 g/mol. The van der Waals surface area contributed by atoms with Gasteiger partial charge in [-0.2, -0.15) is 0 Å². The van der Waals surface area contributed by atoms with Crippen LogP contribution in [0, 0.1) is 5.92 Å². The predicted octanol–water partition coefficient (Wildman–Crippen LogP) is 2.61. The quantitative estimate of drug-likeness (QED) is 0.822. The Morgan fingerprint density at radius 3 is 2.83 bits per heavy atom. The summed E-state index contributed by atoms with van der Waals surface area (Å²) in [6.45, 7) is 2.16. The Morgan fingerprint density at radius 1 is 1.38 bits per heavy atom. The summed E-state index contributed by atoms with van der Waals surface area (Å²) in [6.07, 6.45) is 1.89. The smallest absolute Gasteiger partial charge is 0.309 e. The number of nitrogens with one attached hydrogen (secondary N) is 1. The fraction of sp³-hybridized carbons (Fsp3) is 0.375. The molecule has 0 aliphatic heterocycles. The number of aromatic nitrogens is 1. The number of esters is 1. The lowest BCUT2D eigenvalue weighted by Crippen LogP contribution is -2.24. The maximum Gasteiger partial charge on any atom is 0.309 e. The van der Waals surface area contributed by atoms with E-state index in [1.807, 2.05) is 0 Å². The lowest BCUT2D eigenvalue weighted by Gasteiger charge is -2.18. The first-order valence-electron chi connectivity index (χ1n) is 7.72. The molecule has 1 atom stereocenters. The Balaban J connectivity index is 1.76. The molecule has 1 aromatic carbocycles. The summed E-state index contributed by atoms with van der Waals surface area (Å²) in [4.78, 5) is 17.4. The Labute approximate surface area is 144 Å². The molecule has 6 nitrogen and oxygen atoms in total. The second kappa shape index (κ2) is 6.90. The van der Waals surface area contributed by atoms with Gasteiger partial charge in [-0.1, -0.05) is 18.2 Å². The molecule has 1 unspecified atom stereocenters. The van der Waals surface area contributed by atoms with Crippen LogP contribution in [-0.2, 0) is 32.4 Å². The van der Waals surface area contributed by atoms with E-state index < -0.39 is 10.0 Å². The Bertz CT molecular complexity index is 831. The van der Waals surface area contributed by atoms with Crippen LogP contribution in [0.15, 0.2) is 35.2 Å². The van der Waals surface area contributed by atoms with E-state index >= 15 is 0 Å². The molecular formula is C16H18N2O4S2. The maximum absolute atomic E-state index is 12.4. The fourth-order valence-electron chi connectivity index (χ4n) is 2.65. The minimum Gasteiger partial charge on any atom is -0.466 e. The first-order chi connectivity index (χ1) is 11.5. The van der Waals surface area contributed by atoms with Crippen LogP contribution in [-0.4, -0.2) is 26.0 Å². The van der Waals surface area contributed by atoms with Gasteiger partial charge in [0.05, 0.1) is 23.1 Å². The topological polar surface area (TPSA) is 85.4 Å². The van der Waals surface area contributed by atoms with Gasteiger partial charge in [0.25, 0.3) is 10.0 Å². The summed E-state index contributed by atoms with van der Waals surface area (Å²) >= 11 is 1.29. The van der Waals surface area contributed by atoms with Crippen LogP contribution in [0.2, 0.25) is 0 Å². The second-order valence-corrected chi connectivity index (χ2v) is 8.27. The zero-order valence-corrected chi connectivity index (χ0v) is 14.8. The molecule has 1 aromatic heterocycles. The minimum atomic E-state index is -3.64. The van der Waals surface area contributed by atoms with E-state index in [0.29, 0.717) is 31.0 Å².